The van der Waals surface area contributed by atoms with Gasteiger partial charge in [-0.25, -0.2) is 0 Å². The van der Waals surface area contributed by atoms with Gasteiger partial charge in [0.2, 0.25) is 17.7 Å². The van der Waals surface area contributed by atoms with Gasteiger partial charge in [-0.3, -0.25) is 39.1 Å². The lowest BCUT2D eigenvalue weighted by Gasteiger charge is -2.46. The molecular weight excluding hydrogens is 733 g/mol. The summed E-state index contributed by atoms with van der Waals surface area (Å²) >= 11 is 0. The second-order valence-corrected chi connectivity index (χ2v) is 17.0. The molecule has 0 radical (unpaired) electrons. The number of rotatable bonds is 7. The molecule has 10 rings (SSSR count). The number of imide groups is 2. The molecular formula is C47H46N4O7. The number of fused-ring (bicyclic) bond motifs is 3. The van der Waals surface area contributed by atoms with Gasteiger partial charge in [0.15, 0.2) is 0 Å². The fraction of sp³-hybridized carbons (Fsp3) is 0.383. The lowest BCUT2D eigenvalue weighted by Crippen LogP contribution is -2.58. The molecule has 4 aromatic carbocycles. The smallest absolute Gasteiger partial charge is 0.262 e. The molecule has 0 aromatic heterocycles. The average Bonchev–Trinajstić information content (AvgIpc) is 3.75. The molecule has 4 heterocycles. The number of hydrogen-bond acceptors (Lipinski definition) is 8. The molecule has 6 aliphatic rings. The van der Waals surface area contributed by atoms with Crippen molar-refractivity contribution >= 4 is 29.5 Å². The number of phenolic OH excluding ortho intramolecular Hbond substituents is 1. The van der Waals surface area contributed by atoms with Crippen LogP contribution >= 0.6 is 0 Å². The average molecular weight is 779 g/mol. The number of amides is 5. The van der Waals surface area contributed by atoms with E-state index in [1.54, 1.807) is 18.2 Å². The Morgan fingerprint density at radius 1 is 0.707 bits per heavy atom. The van der Waals surface area contributed by atoms with Crippen LogP contribution in [0.4, 0.5) is 0 Å². The quantitative estimate of drug-likeness (QED) is 0.224. The number of ether oxygens (including phenoxy) is 1. The Labute approximate surface area is 337 Å². The molecule has 11 nitrogen and oxygen atoms in total. The number of aryl methyl sites for hydroxylation is 1. The molecule has 1 saturated carbocycles. The van der Waals surface area contributed by atoms with Gasteiger partial charge in [0.1, 0.15) is 23.6 Å². The molecule has 3 atom stereocenters. The molecule has 2 saturated heterocycles. The first-order valence-electron chi connectivity index (χ1n) is 20.7. The van der Waals surface area contributed by atoms with E-state index in [-0.39, 0.29) is 47.8 Å². The standard InChI is InChI=1S/C47H46N4O7/c52-34-13-17-38-30(20-34)10-16-37(27-4-2-1-3-5-27)43(38)28-8-14-35(15-9-28)58-36-25-49(26-36)33-11-6-29(7-12-33)45(55)50-23-31-21-39-40(22-32(31)24-50)47(57)51(46(39)56)41-18-19-42(53)48-44(41)54/h1-5,8-9,13-15,17,20-22,29,33,36-37,41,43,52H,6-7,10-12,16,18-19,23-26H2,(H,48,53,54)/t29?,33?,37-,41?,43+/m1/s1. The minimum Gasteiger partial charge on any atom is -0.508 e. The molecule has 11 heteroatoms. The van der Waals surface area contributed by atoms with Crippen LogP contribution in [0.15, 0.2) is 84.9 Å². The topological polar surface area (TPSA) is 137 Å². The fourth-order valence-electron chi connectivity index (χ4n) is 10.5. The van der Waals surface area contributed by atoms with Gasteiger partial charge in [0.05, 0.1) is 11.1 Å². The lowest BCUT2D eigenvalue weighted by molar-refractivity contribution is -0.138. The third-order valence-corrected chi connectivity index (χ3v) is 13.6. The van der Waals surface area contributed by atoms with E-state index in [0.717, 1.165) is 73.4 Å². The van der Waals surface area contributed by atoms with Gasteiger partial charge in [-0.15, -0.1) is 0 Å². The highest BCUT2D eigenvalue weighted by atomic mass is 16.5. The Hall–Kier alpha value is -5.81. The van der Waals surface area contributed by atoms with Crippen molar-refractivity contribution in [3.8, 4) is 11.5 Å². The second-order valence-electron chi connectivity index (χ2n) is 17.0. The Balaban J connectivity index is 0.716. The number of piperidine rings is 1. The van der Waals surface area contributed by atoms with E-state index < -0.39 is 29.7 Å². The number of hydrogen-bond donors (Lipinski definition) is 2. The van der Waals surface area contributed by atoms with Crippen molar-refractivity contribution in [2.24, 2.45) is 5.92 Å². The van der Waals surface area contributed by atoms with Crippen LogP contribution in [0, 0.1) is 5.92 Å². The number of phenols is 1. The van der Waals surface area contributed by atoms with Crippen LogP contribution in [-0.4, -0.2) is 80.6 Å². The summed E-state index contributed by atoms with van der Waals surface area (Å²) in [6.07, 6.45) is 5.83. The molecule has 4 aliphatic heterocycles. The van der Waals surface area contributed by atoms with E-state index in [1.165, 1.54) is 22.3 Å². The number of aromatic hydroxyl groups is 1. The molecule has 4 aromatic rings. The van der Waals surface area contributed by atoms with Crippen LogP contribution in [0.1, 0.15) is 111 Å². The van der Waals surface area contributed by atoms with Crippen molar-refractivity contribution in [3.63, 3.8) is 0 Å². The molecule has 0 bridgehead atoms. The molecule has 0 spiro atoms. The van der Waals surface area contributed by atoms with Crippen molar-refractivity contribution in [3.05, 3.63) is 129 Å². The fourth-order valence-corrected chi connectivity index (χ4v) is 10.5. The molecule has 2 aliphatic carbocycles. The third-order valence-electron chi connectivity index (χ3n) is 13.6. The zero-order chi connectivity index (χ0) is 39.7. The van der Waals surface area contributed by atoms with Crippen molar-refractivity contribution in [2.75, 3.05) is 13.1 Å². The van der Waals surface area contributed by atoms with Gasteiger partial charge < -0.3 is 14.7 Å². The van der Waals surface area contributed by atoms with E-state index in [1.807, 2.05) is 11.0 Å². The van der Waals surface area contributed by atoms with Crippen LogP contribution < -0.4 is 10.1 Å². The maximum Gasteiger partial charge on any atom is 0.262 e. The summed E-state index contributed by atoms with van der Waals surface area (Å²) in [5.74, 6) is -0.293. The normalized spacial score (nSPS) is 25.8. The number of nitrogens with zero attached hydrogens (tertiary/aromatic N) is 3. The van der Waals surface area contributed by atoms with Crippen LogP contribution in [0.5, 0.6) is 11.5 Å². The second kappa shape index (κ2) is 14.5. The van der Waals surface area contributed by atoms with Crippen molar-refractivity contribution in [2.45, 2.75) is 94.5 Å². The lowest BCUT2D eigenvalue weighted by atomic mass is 9.69. The number of carbonyl (C=O) groups excluding carboxylic acids is 5. The minimum atomic E-state index is -1.00. The number of carbonyl (C=O) groups is 5. The summed E-state index contributed by atoms with van der Waals surface area (Å²) in [6.45, 7) is 2.51. The molecule has 58 heavy (non-hydrogen) atoms. The largest absolute Gasteiger partial charge is 0.508 e. The van der Waals surface area contributed by atoms with Crippen molar-refractivity contribution in [1.82, 2.24) is 20.0 Å². The maximum atomic E-state index is 13.7. The van der Waals surface area contributed by atoms with E-state index in [2.05, 4.69) is 70.9 Å². The zero-order valence-corrected chi connectivity index (χ0v) is 32.3. The summed E-state index contributed by atoms with van der Waals surface area (Å²) in [7, 11) is 0. The van der Waals surface area contributed by atoms with Crippen LogP contribution in [-0.2, 0) is 33.9 Å². The number of benzene rings is 4. The highest BCUT2D eigenvalue weighted by molar-refractivity contribution is 6.23. The Bertz CT molecular complexity index is 2290. The maximum absolute atomic E-state index is 13.7. The van der Waals surface area contributed by atoms with Gasteiger partial charge in [0.25, 0.3) is 11.8 Å². The summed E-state index contributed by atoms with van der Waals surface area (Å²) in [4.78, 5) is 69.8. The Kier molecular flexibility index (Phi) is 9.15. The SMILES string of the molecule is O=C1CCC(N2C(=O)c3cc4c(cc3C2=O)CN(C(=O)C2CCC(N3CC(Oc5ccc([C@@H]6c7ccc(O)cc7CC[C@@H]6c6ccccc6)cc5)C3)CC2)C4)C(=O)N1. The first kappa shape index (κ1) is 36.5. The molecule has 296 valence electrons. The van der Waals surface area contributed by atoms with E-state index in [9.17, 15) is 29.1 Å². The first-order chi connectivity index (χ1) is 28.2. The summed E-state index contributed by atoms with van der Waals surface area (Å²) in [5.41, 5.74) is 7.29. The highest BCUT2D eigenvalue weighted by Gasteiger charge is 2.46. The van der Waals surface area contributed by atoms with Crippen LogP contribution in [0.2, 0.25) is 0 Å². The highest BCUT2D eigenvalue weighted by Crippen LogP contribution is 2.47. The molecule has 5 amide bonds. The number of likely N-dealkylation sites (tertiary alicyclic amines) is 1. The van der Waals surface area contributed by atoms with Gasteiger partial charge in [-0.1, -0.05) is 48.5 Å². The summed E-state index contributed by atoms with van der Waals surface area (Å²) in [5, 5.41) is 12.4. The molecule has 2 N–H and O–H groups in total. The van der Waals surface area contributed by atoms with Gasteiger partial charge in [0, 0.05) is 50.5 Å². The van der Waals surface area contributed by atoms with Crippen LogP contribution in [0.25, 0.3) is 0 Å². The van der Waals surface area contributed by atoms with Gasteiger partial charge in [-0.2, -0.15) is 0 Å². The van der Waals surface area contributed by atoms with Gasteiger partial charge >= 0.3 is 0 Å². The van der Waals surface area contributed by atoms with E-state index in [0.29, 0.717) is 30.8 Å². The monoisotopic (exact) mass is 778 g/mol. The van der Waals surface area contributed by atoms with E-state index in [4.69, 9.17) is 4.74 Å². The summed E-state index contributed by atoms with van der Waals surface area (Å²) in [6, 6.07) is 28.0. The predicted molar refractivity (Wildman–Crippen MR) is 213 cm³/mol. The van der Waals surface area contributed by atoms with Crippen molar-refractivity contribution < 1.29 is 33.8 Å². The first-order valence-corrected chi connectivity index (χ1v) is 20.7. The third kappa shape index (κ3) is 6.45. The van der Waals surface area contributed by atoms with Crippen LogP contribution in [0.3, 0.4) is 0 Å². The van der Waals surface area contributed by atoms with Crippen molar-refractivity contribution in [1.29, 1.82) is 0 Å². The summed E-state index contributed by atoms with van der Waals surface area (Å²) < 4.78 is 6.45. The zero-order valence-electron chi connectivity index (χ0n) is 32.3. The Morgan fingerprint density at radius 2 is 1.40 bits per heavy atom. The van der Waals surface area contributed by atoms with Gasteiger partial charge in [-0.05, 0) is 121 Å². The Morgan fingerprint density at radius 3 is 2.07 bits per heavy atom. The minimum absolute atomic E-state index is 0.0566. The predicted octanol–water partition coefficient (Wildman–Crippen LogP) is 5.82. The number of nitrogens with one attached hydrogen (secondary N) is 1. The van der Waals surface area contributed by atoms with E-state index >= 15 is 0 Å². The molecule has 1 unspecified atom stereocenters. The molecule has 3 fully saturated rings.